The fourth-order valence-corrected chi connectivity index (χ4v) is 0.425. The van der Waals surface area contributed by atoms with Gasteiger partial charge in [0.1, 0.15) is 0 Å². The maximum absolute atomic E-state index is 12.1. The lowest BCUT2D eigenvalue weighted by Gasteiger charge is -2.18. The Hall–Kier alpha value is -0.920. The van der Waals surface area contributed by atoms with Gasteiger partial charge in [0, 0.05) is 13.1 Å². The molecule has 0 aliphatic heterocycles. The second kappa shape index (κ2) is 3.86. The first-order valence-corrected chi connectivity index (χ1v) is 3.16. The number of nitrogens with two attached hydrogens (primary N) is 1. The molecule has 78 valence electrons. The van der Waals surface area contributed by atoms with Crippen molar-refractivity contribution in [3.63, 3.8) is 0 Å². The van der Waals surface area contributed by atoms with Gasteiger partial charge in [-0.1, -0.05) is 0 Å². The topological polar surface area (TPSA) is 55.1 Å². The zero-order valence-corrected chi connectivity index (χ0v) is 6.29. The molecule has 0 heterocycles. The average molecular weight is 206 g/mol. The molecule has 0 saturated heterocycles. The SMILES string of the molecule is NCCNC(=O)C(F)(F)C(F)(F)F. The van der Waals surface area contributed by atoms with E-state index in [9.17, 15) is 26.7 Å². The monoisotopic (exact) mass is 206 g/mol. The summed E-state index contributed by atoms with van der Waals surface area (Å²) in [5.74, 6) is -7.74. The van der Waals surface area contributed by atoms with Crippen LogP contribution in [0.5, 0.6) is 0 Å². The van der Waals surface area contributed by atoms with E-state index in [1.54, 1.807) is 0 Å². The number of hydrogen-bond donors (Lipinski definition) is 2. The number of halogens is 5. The summed E-state index contributed by atoms with van der Waals surface area (Å²) in [4.78, 5) is 10.2. The molecule has 0 atom stereocenters. The first kappa shape index (κ1) is 12.1. The Bertz CT molecular complexity index is 190. The summed E-state index contributed by atoms with van der Waals surface area (Å²) < 4.78 is 58.5. The third-order valence-electron chi connectivity index (χ3n) is 1.07. The normalized spacial score (nSPS) is 12.8. The molecule has 3 N–H and O–H groups in total. The number of alkyl halides is 5. The molecule has 0 aromatic rings. The maximum atomic E-state index is 12.1. The Morgan fingerprint density at radius 1 is 1.23 bits per heavy atom. The lowest BCUT2D eigenvalue weighted by molar-refractivity contribution is -0.269. The molecule has 0 radical (unpaired) electrons. The van der Waals surface area contributed by atoms with Crippen LogP contribution < -0.4 is 11.1 Å². The fourth-order valence-electron chi connectivity index (χ4n) is 0.425. The number of amides is 1. The Morgan fingerprint density at radius 2 is 1.69 bits per heavy atom. The third-order valence-corrected chi connectivity index (χ3v) is 1.07. The van der Waals surface area contributed by atoms with E-state index in [1.165, 1.54) is 5.32 Å². The van der Waals surface area contributed by atoms with Crippen molar-refractivity contribution in [2.24, 2.45) is 5.73 Å². The minimum absolute atomic E-state index is 0.209. The van der Waals surface area contributed by atoms with Gasteiger partial charge < -0.3 is 11.1 Å². The molecule has 13 heavy (non-hydrogen) atoms. The summed E-state index contributed by atoms with van der Waals surface area (Å²) in [7, 11) is 0. The van der Waals surface area contributed by atoms with Crippen LogP contribution in [0.3, 0.4) is 0 Å². The fraction of sp³-hybridized carbons (Fsp3) is 0.800. The quantitative estimate of drug-likeness (QED) is 0.650. The second-order valence-corrected chi connectivity index (χ2v) is 2.12. The molecular formula is C5H7F5N2O. The number of nitrogens with one attached hydrogen (secondary N) is 1. The predicted octanol–water partition coefficient (Wildman–Crippen LogP) is 0.259. The Kier molecular flexibility index (Phi) is 3.59. The van der Waals surface area contributed by atoms with Crippen LogP contribution in [0.4, 0.5) is 22.0 Å². The van der Waals surface area contributed by atoms with E-state index in [0.717, 1.165) is 0 Å². The summed E-state index contributed by atoms with van der Waals surface area (Å²) in [5, 5.41) is 1.35. The zero-order valence-electron chi connectivity index (χ0n) is 6.29. The van der Waals surface area contributed by atoms with E-state index < -0.39 is 24.6 Å². The van der Waals surface area contributed by atoms with Gasteiger partial charge in [0.05, 0.1) is 0 Å². The molecule has 0 aliphatic carbocycles. The van der Waals surface area contributed by atoms with Crippen LogP contribution in [0.1, 0.15) is 0 Å². The maximum Gasteiger partial charge on any atom is 0.463 e. The van der Waals surface area contributed by atoms with Gasteiger partial charge in [0.15, 0.2) is 0 Å². The smallest absolute Gasteiger partial charge is 0.349 e. The highest BCUT2D eigenvalue weighted by molar-refractivity contribution is 5.84. The number of carbonyl (C=O) groups excluding carboxylic acids is 1. The van der Waals surface area contributed by atoms with Crippen LogP contribution >= 0.6 is 0 Å². The van der Waals surface area contributed by atoms with Crippen LogP contribution in [0.2, 0.25) is 0 Å². The molecule has 0 spiro atoms. The van der Waals surface area contributed by atoms with Gasteiger partial charge >= 0.3 is 12.1 Å². The molecule has 0 rings (SSSR count). The van der Waals surface area contributed by atoms with Crippen molar-refractivity contribution in [1.82, 2.24) is 5.32 Å². The summed E-state index contributed by atoms with van der Waals surface area (Å²) in [5.41, 5.74) is 4.79. The predicted molar refractivity (Wildman–Crippen MR) is 33.1 cm³/mol. The standard InChI is InChI=1S/C5H7F5N2O/c6-4(7,5(8,9)10)3(13)12-2-1-11/h1-2,11H2,(H,12,13). The molecule has 0 aliphatic rings. The molecule has 0 bridgehead atoms. The van der Waals surface area contributed by atoms with Gasteiger partial charge in [0.25, 0.3) is 5.91 Å². The van der Waals surface area contributed by atoms with Crippen LogP contribution in [0.15, 0.2) is 0 Å². The highest BCUT2D eigenvalue weighted by Gasteiger charge is 2.63. The molecule has 8 heteroatoms. The Labute approximate surface area is 70.1 Å². The lowest BCUT2D eigenvalue weighted by Crippen LogP contribution is -2.51. The van der Waals surface area contributed by atoms with Gasteiger partial charge in [-0.05, 0) is 0 Å². The molecule has 3 nitrogen and oxygen atoms in total. The highest BCUT2D eigenvalue weighted by Crippen LogP contribution is 2.35. The van der Waals surface area contributed by atoms with Gasteiger partial charge in [-0.3, -0.25) is 4.79 Å². The number of rotatable bonds is 3. The highest BCUT2D eigenvalue weighted by atomic mass is 19.4. The third kappa shape index (κ3) is 2.79. The van der Waals surface area contributed by atoms with Crippen molar-refractivity contribution in [3.8, 4) is 0 Å². The molecule has 0 aromatic carbocycles. The molecule has 1 amide bonds. The molecule has 0 aromatic heterocycles. The van der Waals surface area contributed by atoms with E-state index in [1.807, 2.05) is 0 Å². The largest absolute Gasteiger partial charge is 0.463 e. The van der Waals surface area contributed by atoms with Gasteiger partial charge in [-0.2, -0.15) is 22.0 Å². The Morgan fingerprint density at radius 3 is 2.00 bits per heavy atom. The van der Waals surface area contributed by atoms with Crippen molar-refractivity contribution in [3.05, 3.63) is 0 Å². The van der Waals surface area contributed by atoms with Crippen LogP contribution in [-0.4, -0.2) is 31.1 Å². The van der Waals surface area contributed by atoms with Crippen molar-refractivity contribution >= 4 is 5.91 Å². The van der Waals surface area contributed by atoms with Gasteiger partial charge in [-0.25, -0.2) is 0 Å². The molecule has 0 fully saturated rings. The van der Waals surface area contributed by atoms with Crippen LogP contribution in [-0.2, 0) is 4.79 Å². The van der Waals surface area contributed by atoms with E-state index in [4.69, 9.17) is 5.73 Å². The van der Waals surface area contributed by atoms with E-state index in [2.05, 4.69) is 0 Å². The van der Waals surface area contributed by atoms with Crippen molar-refractivity contribution in [2.45, 2.75) is 12.1 Å². The molecule has 0 unspecified atom stereocenters. The molecular weight excluding hydrogens is 199 g/mol. The second-order valence-electron chi connectivity index (χ2n) is 2.12. The van der Waals surface area contributed by atoms with E-state index in [0.29, 0.717) is 0 Å². The van der Waals surface area contributed by atoms with Gasteiger partial charge in [-0.15, -0.1) is 0 Å². The number of carbonyl (C=O) groups is 1. The zero-order chi connectivity index (χ0) is 10.7. The van der Waals surface area contributed by atoms with Crippen molar-refractivity contribution in [1.29, 1.82) is 0 Å². The minimum atomic E-state index is -5.87. The number of hydrogen-bond acceptors (Lipinski definition) is 2. The minimum Gasteiger partial charge on any atom is -0.349 e. The first-order valence-electron chi connectivity index (χ1n) is 3.16. The van der Waals surface area contributed by atoms with E-state index in [-0.39, 0.29) is 6.54 Å². The Balaban J connectivity index is 4.37. The summed E-state index contributed by atoms with van der Waals surface area (Å²) >= 11 is 0. The summed E-state index contributed by atoms with van der Waals surface area (Å²) in [6, 6.07) is 0. The summed E-state index contributed by atoms with van der Waals surface area (Å²) in [6.07, 6.45) is -5.87. The lowest BCUT2D eigenvalue weighted by atomic mass is 10.3. The van der Waals surface area contributed by atoms with Crippen molar-refractivity contribution < 1.29 is 26.7 Å². The first-order chi connectivity index (χ1) is 5.73. The van der Waals surface area contributed by atoms with Gasteiger partial charge in [0.2, 0.25) is 0 Å². The average Bonchev–Trinajstić information content (AvgIpc) is 1.97. The molecule has 0 saturated carbocycles. The van der Waals surface area contributed by atoms with Crippen LogP contribution in [0, 0.1) is 0 Å². The van der Waals surface area contributed by atoms with E-state index >= 15 is 0 Å². The van der Waals surface area contributed by atoms with Crippen molar-refractivity contribution in [2.75, 3.05) is 13.1 Å². The van der Waals surface area contributed by atoms with Crippen LogP contribution in [0.25, 0.3) is 0 Å². The summed E-state index contributed by atoms with van der Waals surface area (Å²) in [6.45, 7) is -0.635.